The average molecular weight is 346 g/mol. The van der Waals surface area contributed by atoms with E-state index >= 15 is 0 Å². The maximum absolute atomic E-state index is 11.5. The molecule has 4 N–H and O–H groups in total. The van der Waals surface area contributed by atoms with Crippen molar-refractivity contribution in [2.24, 2.45) is 0 Å². The summed E-state index contributed by atoms with van der Waals surface area (Å²) in [5.74, 6) is 0. The molecule has 0 aliphatic heterocycles. The maximum Gasteiger partial charge on any atom is 0.315 e. The summed E-state index contributed by atoms with van der Waals surface area (Å²) in [6.07, 6.45) is 0. The van der Waals surface area contributed by atoms with Crippen LogP contribution in [0.25, 0.3) is 0 Å². The fourth-order valence-corrected chi connectivity index (χ4v) is 1.57. The first kappa shape index (κ1) is 22.5. The Bertz CT molecular complexity index is 339. The lowest BCUT2D eigenvalue weighted by Gasteiger charge is -2.20. The van der Waals surface area contributed by atoms with Crippen molar-refractivity contribution in [1.29, 1.82) is 0 Å². The second-order valence-corrected chi connectivity index (χ2v) is 7.49. The van der Waals surface area contributed by atoms with Gasteiger partial charge >= 0.3 is 12.1 Å². The van der Waals surface area contributed by atoms with E-state index in [0.717, 1.165) is 0 Å². The summed E-state index contributed by atoms with van der Waals surface area (Å²) in [6, 6.07) is -0.413. The van der Waals surface area contributed by atoms with Crippen molar-refractivity contribution < 1.29 is 19.1 Å². The van der Waals surface area contributed by atoms with E-state index in [1.165, 1.54) is 0 Å². The highest BCUT2D eigenvalue weighted by Crippen LogP contribution is 1.97. The summed E-state index contributed by atoms with van der Waals surface area (Å²) < 4.78 is 10.7. The highest BCUT2D eigenvalue weighted by atomic mass is 16.5. The summed E-state index contributed by atoms with van der Waals surface area (Å²) in [5, 5.41) is 11.0. The summed E-state index contributed by atoms with van der Waals surface area (Å²) >= 11 is 0. The molecule has 0 saturated carbocycles. The van der Waals surface area contributed by atoms with Crippen LogP contribution in [0.5, 0.6) is 0 Å². The van der Waals surface area contributed by atoms with Crippen molar-refractivity contribution in [3.63, 3.8) is 0 Å². The van der Waals surface area contributed by atoms with Gasteiger partial charge in [-0.05, 0) is 41.5 Å². The van der Waals surface area contributed by atoms with E-state index in [-0.39, 0.29) is 23.1 Å². The maximum atomic E-state index is 11.5. The minimum atomic E-state index is -0.253. The predicted molar refractivity (Wildman–Crippen MR) is 94.2 cm³/mol. The molecule has 0 rings (SSSR count). The zero-order chi connectivity index (χ0) is 18.6. The zero-order valence-corrected chi connectivity index (χ0v) is 15.9. The number of hydrogen-bond donors (Lipinski definition) is 4. The Labute approximate surface area is 145 Å². The average Bonchev–Trinajstić information content (AvgIpc) is 2.36. The Hall–Kier alpha value is -1.54. The number of carbonyl (C=O) groups excluding carboxylic acids is 2. The van der Waals surface area contributed by atoms with Crippen molar-refractivity contribution in [1.82, 2.24) is 21.3 Å². The van der Waals surface area contributed by atoms with Gasteiger partial charge in [-0.2, -0.15) is 0 Å². The van der Waals surface area contributed by atoms with Crippen LogP contribution in [0, 0.1) is 0 Å². The van der Waals surface area contributed by atoms with E-state index in [1.54, 1.807) is 0 Å². The number of amides is 4. The molecule has 0 saturated heterocycles. The zero-order valence-electron chi connectivity index (χ0n) is 15.9. The first-order valence-corrected chi connectivity index (χ1v) is 8.27. The van der Waals surface area contributed by atoms with Crippen LogP contribution >= 0.6 is 0 Å². The normalized spacial score (nSPS) is 11.8. The molecule has 0 unspecified atom stereocenters. The minimum Gasteiger partial charge on any atom is -0.377 e. The summed E-state index contributed by atoms with van der Waals surface area (Å²) in [4.78, 5) is 22.9. The number of carbonyl (C=O) groups is 2. The van der Waals surface area contributed by atoms with Crippen molar-refractivity contribution in [2.45, 2.75) is 52.6 Å². The number of nitrogens with one attached hydrogen (secondary N) is 4. The third kappa shape index (κ3) is 16.8. The molecular weight excluding hydrogens is 312 g/mol. The Kier molecular flexibility index (Phi) is 10.4. The molecule has 0 aliphatic rings. The van der Waals surface area contributed by atoms with Gasteiger partial charge in [-0.15, -0.1) is 0 Å². The molecular formula is C16H34N4O4. The Morgan fingerprint density at radius 2 is 1.00 bits per heavy atom. The van der Waals surface area contributed by atoms with Gasteiger partial charge in [-0.25, -0.2) is 9.59 Å². The molecule has 4 amide bonds. The molecule has 8 heteroatoms. The van der Waals surface area contributed by atoms with Crippen molar-refractivity contribution in [3.8, 4) is 0 Å². The lowest BCUT2D eigenvalue weighted by Crippen LogP contribution is -2.47. The molecule has 0 fully saturated rings. The van der Waals surface area contributed by atoms with E-state index in [1.807, 2.05) is 41.5 Å². The van der Waals surface area contributed by atoms with Gasteiger partial charge in [-0.1, -0.05) is 0 Å². The summed E-state index contributed by atoms with van der Waals surface area (Å²) in [5.41, 5.74) is -0.507. The minimum absolute atomic E-state index is 0.207. The SMILES string of the molecule is CC(C)(C)NC(=O)NCCOCCOCCNC(=O)NC(C)(C)C. The third-order valence-corrected chi connectivity index (χ3v) is 2.41. The van der Waals surface area contributed by atoms with Crippen LogP contribution in [0.3, 0.4) is 0 Å². The second kappa shape index (κ2) is 11.1. The third-order valence-electron chi connectivity index (χ3n) is 2.41. The van der Waals surface area contributed by atoms with Crippen LogP contribution in [0.15, 0.2) is 0 Å². The van der Waals surface area contributed by atoms with Crippen molar-refractivity contribution >= 4 is 12.1 Å². The number of ether oxygens (including phenoxy) is 2. The van der Waals surface area contributed by atoms with E-state index in [2.05, 4.69) is 21.3 Å². The second-order valence-electron chi connectivity index (χ2n) is 7.49. The molecule has 0 bridgehead atoms. The quantitative estimate of drug-likeness (QED) is 0.472. The van der Waals surface area contributed by atoms with Crippen molar-refractivity contribution in [3.05, 3.63) is 0 Å². The first-order valence-electron chi connectivity index (χ1n) is 8.27. The molecule has 0 atom stereocenters. The van der Waals surface area contributed by atoms with Gasteiger partial charge in [0.05, 0.1) is 26.4 Å². The number of rotatable bonds is 9. The molecule has 0 aromatic carbocycles. The number of hydrogen-bond acceptors (Lipinski definition) is 4. The van der Waals surface area contributed by atoms with Gasteiger partial charge in [0.15, 0.2) is 0 Å². The van der Waals surface area contributed by atoms with Crippen LogP contribution in [-0.2, 0) is 9.47 Å². The van der Waals surface area contributed by atoms with E-state index in [0.29, 0.717) is 39.5 Å². The highest BCUT2D eigenvalue weighted by Gasteiger charge is 2.13. The molecule has 0 aromatic heterocycles. The molecule has 24 heavy (non-hydrogen) atoms. The Morgan fingerprint density at radius 1 is 0.667 bits per heavy atom. The van der Waals surface area contributed by atoms with Crippen LogP contribution in [-0.4, -0.2) is 62.7 Å². The van der Waals surface area contributed by atoms with Gasteiger partial charge < -0.3 is 30.7 Å². The molecule has 0 aromatic rings. The van der Waals surface area contributed by atoms with Gasteiger partial charge in [0, 0.05) is 24.2 Å². The van der Waals surface area contributed by atoms with Gasteiger partial charge in [0.25, 0.3) is 0 Å². The lowest BCUT2D eigenvalue weighted by molar-refractivity contribution is 0.0509. The fourth-order valence-electron chi connectivity index (χ4n) is 1.57. The van der Waals surface area contributed by atoms with Gasteiger partial charge in [0.2, 0.25) is 0 Å². The molecule has 142 valence electrons. The Morgan fingerprint density at radius 3 is 1.29 bits per heavy atom. The molecule has 0 spiro atoms. The standard InChI is InChI=1S/C16H34N4O4/c1-15(2,3)19-13(21)17-7-9-23-11-12-24-10-8-18-14(22)20-16(4,5)6/h7-12H2,1-6H3,(H2,17,19,21)(H2,18,20,22). The predicted octanol–water partition coefficient (Wildman–Crippen LogP) is 1.22. The van der Waals surface area contributed by atoms with E-state index in [4.69, 9.17) is 9.47 Å². The first-order chi connectivity index (χ1) is 11.0. The summed E-state index contributed by atoms with van der Waals surface area (Å²) in [7, 11) is 0. The van der Waals surface area contributed by atoms with Crippen LogP contribution in [0.1, 0.15) is 41.5 Å². The molecule has 0 radical (unpaired) electrons. The number of urea groups is 2. The van der Waals surface area contributed by atoms with Gasteiger partial charge in [0.1, 0.15) is 0 Å². The monoisotopic (exact) mass is 346 g/mol. The van der Waals surface area contributed by atoms with Crippen LogP contribution in [0.2, 0.25) is 0 Å². The largest absolute Gasteiger partial charge is 0.377 e. The topological polar surface area (TPSA) is 101 Å². The van der Waals surface area contributed by atoms with Crippen LogP contribution in [0.4, 0.5) is 9.59 Å². The lowest BCUT2D eigenvalue weighted by atomic mass is 10.1. The van der Waals surface area contributed by atoms with E-state index < -0.39 is 0 Å². The molecule has 0 aliphatic carbocycles. The van der Waals surface area contributed by atoms with E-state index in [9.17, 15) is 9.59 Å². The smallest absolute Gasteiger partial charge is 0.315 e. The molecule has 8 nitrogen and oxygen atoms in total. The van der Waals surface area contributed by atoms with Gasteiger partial charge in [-0.3, -0.25) is 0 Å². The van der Waals surface area contributed by atoms with Crippen LogP contribution < -0.4 is 21.3 Å². The molecule has 0 heterocycles. The van der Waals surface area contributed by atoms with Crippen molar-refractivity contribution in [2.75, 3.05) is 39.5 Å². The summed E-state index contributed by atoms with van der Waals surface area (Å²) in [6.45, 7) is 14.1. The Balaban J connectivity index is 3.37. The fraction of sp³-hybridized carbons (Fsp3) is 0.875. The highest BCUT2D eigenvalue weighted by molar-refractivity contribution is 5.74.